The van der Waals surface area contributed by atoms with Gasteiger partial charge in [-0.25, -0.2) is 8.42 Å². The smallest absolute Gasteiger partial charge is 0.261 e. The van der Waals surface area contributed by atoms with E-state index in [0.717, 1.165) is 5.56 Å². The minimum Gasteiger partial charge on any atom is -0.261 e. The molecule has 0 bridgehead atoms. The van der Waals surface area contributed by atoms with Gasteiger partial charge in [-0.3, -0.25) is 10.1 Å². The van der Waals surface area contributed by atoms with Gasteiger partial charge in [0.05, 0.1) is 9.82 Å². The van der Waals surface area contributed by atoms with E-state index in [2.05, 4.69) is 4.72 Å². The fourth-order valence-corrected chi connectivity index (χ4v) is 3.77. The van der Waals surface area contributed by atoms with Crippen LogP contribution in [0.2, 0.25) is 0 Å². The van der Waals surface area contributed by atoms with Gasteiger partial charge in [-0.05, 0) is 47.8 Å². The van der Waals surface area contributed by atoms with Crippen molar-refractivity contribution in [2.45, 2.75) is 22.3 Å². The van der Waals surface area contributed by atoms with Crippen molar-refractivity contribution in [3.05, 3.63) is 75.8 Å². The molecule has 2 aromatic rings. The van der Waals surface area contributed by atoms with Crippen LogP contribution < -0.4 is 4.72 Å². The zero-order valence-corrected chi connectivity index (χ0v) is 14.8. The van der Waals surface area contributed by atoms with Crippen LogP contribution in [0.1, 0.15) is 17.2 Å². The van der Waals surface area contributed by atoms with E-state index in [1.54, 1.807) is 30.3 Å². The highest BCUT2D eigenvalue weighted by Gasteiger charge is 2.50. The van der Waals surface area contributed by atoms with Gasteiger partial charge < -0.3 is 0 Å². The Balaban J connectivity index is 2.45. The molecule has 24 heavy (non-hydrogen) atoms. The molecule has 0 unspecified atom stereocenters. The van der Waals surface area contributed by atoms with E-state index < -0.39 is 25.4 Å². The second-order valence-electron chi connectivity index (χ2n) is 5.12. The standard InChI is InChI=1S/C15H14Cl2N2O4S/c1-11-7-9-13(10-8-11)24(22,23)18-14(15(16,17)19(20)21)12-5-3-2-4-6-12/h2-10,14,18H,1H3/t14-/m1/s1. The lowest BCUT2D eigenvalue weighted by Crippen LogP contribution is -2.43. The van der Waals surface area contributed by atoms with Gasteiger partial charge >= 0.3 is 4.46 Å². The zero-order chi connectivity index (χ0) is 18.0. The molecule has 0 aromatic heterocycles. The van der Waals surface area contributed by atoms with Crippen molar-refractivity contribution in [2.24, 2.45) is 0 Å². The average molecular weight is 389 g/mol. The van der Waals surface area contributed by atoms with Gasteiger partial charge in [0, 0.05) is 0 Å². The Kier molecular flexibility index (Phi) is 5.49. The van der Waals surface area contributed by atoms with Crippen LogP contribution in [-0.2, 0) is 10.0 Å². The number of nitrogens with one attached hydrogen (secondary N) is 1. The molecule has 0 aliphatic heterocycles. The number of aryl methyl sites for hydroxylation is 1. The lowest BCUT2D eigenvalue weighted by Gasteiger charge is -2.24. The second-order valence-corrected chi connectivity index (χ2v) is 8.18. The number of sulfonamides is 1. The van der Waals surface area contributed by atoms with Crippen LogP contribution in [0.4, 0.5) is 0 Å². The van der Waals surface area contributed by atoms with E-state index in [4.69, 9.17) is 23.2 Å². The Morgan fingerprint density at radius 2 is 1.62 bits per heavy atom. The van der Waals surface area contributed by atoms with Crippen molar-refractivity contribution in [1.82, 2.24) is 4.72 Å². The number of benzene rings is 2. The van der Waals surface area contributed by atoms with Gasteiger partial charge in [-0.1, -0.05) is 48.0 Å². The van der Waals surface area contributed by atoms with E-state index >= 15 is 0 Å². The van der Waals surface area contributed by atoms with Crippen LogP contribution in [0.3, 0.4) is 0 Å². The summed E-state index contributed by atoms with van der Waals surface area (Å²) in [5.74, 6) is 0. The zero-order valence-electron chi connectivity index (χ0n) is 12.5. The van der Waals surface area contributed by atoms with E-state index in [9.17, 15) is 18.5 Å². The summed E-state index contributed by atoms with van der Waals surface area (Å²) in [7, 11) is -4.06. The van der Waals surface area contributed by atoms with Gasteiger partial charge in [0.25, 0.3) is 0 Å². The number of alkyl halides is 2. The quantitative estimate of drug-likeness (QED) is 0.355. The van der Waals surface area contributed by atoms with Crippen molar-refractivity contribution in [3.63, 3.8) is 0 Å². The van der Waals surface area contributed by atoms with Crippen LogP contribution in [0.15, 0.2) is 59.5 Å². The molecule has 9 heteroatoms. The summed E-state index contributed by atoms with van der Waals surface area (Å²) in [6.07, 6.45) is 0. The van der Waals surface area contributed by atoms with Gasteiger partial charge in [0.15, 0.2) is 0 Å². The highest BCUT2D eigenvalue weighted by Crippen LogP contribution is 2.37. The molecular weight excluding hydrogens is 375 g/mol. The van der Waals surface area contributed by atoms with E-state index in [0.29, 0.717) is 0 Å². The summed E-state index contributed by atoms with van der Waals surface area (Å²) < 4.78 is 24.8. The van der Waals surface area contributed by atoms with E-state index in [1.807, 2.05) is 6.92 Å². The van der Waals surface area contributed by atoms with E-state index in [-0.39, 0.29) is 10.5 Å². The Labute approximate surface area is 149 Å². The van der Waals surface area contributed by atoms with Crippen molar-refractivity contribution >= 4 is 33.2 Å². The van der Waals surface area contributed by atoms with Gasteiger partial charge in [-0.2, -0.15) is 4.72 Å². The predicted molar refractivity (Wildman–Crippen MR) is 92.1 cm³/mol. The number of halogens is 2. The van der Waals surface area contributed by atoms with Crippen molar-refractivity contribution in [2.75, 3.05) is 0 Å². The normalized spacial score (nSPS) is 13.5. The number of hydrogen-bond acceptors (Lipinski definition) is 4. The number of nitrogens with zero attached hydrogens (tertiary/aromatic N) is 1. The third kappa shape index (κ3) is 4.05. The number of hydrogen-bond donors (Lipinski definition) is 1. The largest absolute Gasteiger partial charge is 0.390 e. The first-order chi connectivity index (χ1) is 11.1. The molecule has 128 valence electrons. The summed E-state index contributed by atoms with van der Waals surface area (Å²) in [5, 5.41) is 11.2. The molecule has 0 heterocycles. The molecule has 2 aromatic carbocycles. The molecule has 0 radical (unpaired) electrons. The average Bonchev–Trinajstić information content (AvgIpc) is 2.53. The predicted octanol–water partition coefficient (Wildman–Crippen LogP) is 3.42. The highest BCUT2D eigenvalue weighted by atomic mass is 35.5. The summed E-state index contributed by atoms with van der Waals surface area (Å²) in [6.45, 7) is 1.81. The Bertz CT molecular complexity index is 824. The fourth-order valence-electron chi connectivity index (χ4n) is 2.03. The van der Waals surface area contributed by atoms with Gasteiger partial charge in [0.1, 0.15) is 6.04 Å². The van der Waals surface area contributed by atoms with Crippen LogP contribution in [0, 0.1) is 17.0 Å². The minimum atomic E-state index is -4.06. The monoisotopic (exact) mass is 388 g/mol. The second kappa shape index (κ2) is 7.06. The van der Waals surface area contributed by atoms with Crippen LogP contribution in [0.25, 0.3) is 0 Å². The molecular formula is C15H14Cl2N2O4S. The van der Waals surface area contributed by atoms with Crippen molar-refractivity contribution < 1.29 is 13.3 Å². The Morgan fingerprint density at radius 1 is 1.08 bits per heavy atom. The molecule has 0 aliphatic carbocycles. The fraction of sp³-hybridized carbons (Fsp3) is 0.200. The lowest BCUT2D eigenvalue weighted by atomic mass is 10.1. The topological polar surface area (TPSA) is 89.3 Å². The summed E-state index contributed by atoms with van der Waals surface area (Å²) in [4.78, 5) is 10.2. The van der Waals surface area contributed by atoms with Crippen LogP contribution >= 0.6 is 23.2 Å². The molecule has 0 spiro atoms. The first-order valence-electron chi connectivity index (χ1n) is 6.81. The molecule has 1 atom stereocenters. The third-order valence-electron chi connectivity index (χ3n) is 3.33. The Hall–Kier alpha value is -1.67. The van der Waals surface area contributed by atoms with E-state index in [1.165, 1.54) is 24.3 Å². The van der Waals surface area contributed by atoms with Crippen LogP contribution in [0.5, 0.6) is 0 Å². The molecule has 0 fully saturated rings. The minimum absolute atomic E-state index is 0.0403. The molecule has 1 N–H and O–H groups in total. The first kappa shape index (κ1) is 18.7. The maximum Gasteiger partial charge on any atom is 0.390 e. The molecule has 0 amide bonds. The van der Waals surface area contributed by atoms with Gasteiger partial charge in [-0.15, -0.1) is 0 Å². The highest BCUT2D eigenvalue weighted by molar-refractivity contribution is 7.89. The van der Waals surface area contributed by atoms with Crippen LogP contribution in [-0.4, -0.2) is 17.8 Å². The first-order valence-corrected chi connectivity index (χ1v) is 9.05. The molecule has 2 rings (SSSR count). The molecule has 0 aliphatic rings. The maximum absolute atomic E-state index is 12.5. The third-order valence-corrected chi connectivity index (χ3v) is 5.48. The Morgan fingerprint density at radius 3 is 2.12 bits per heavy atom. The SMILES string of the molecule is Cc1ccc(S(=O)(=O)N[C@H](c2ccccc2)C(Cl)(Cl)[N+](=O)[O-])cc1. The number of rotatable bonds is 6. The van der Waals surface area contributed by atoms with Crippen molar-refractivity contribution in [1.29, 1.82) is 0 Å². The van der Waals surface area contributed by atoms with Crippen molar-refractivity contribution in [3.8, 4) is 0 Å². The molecule has 0 saturated carbocycles. The lowest BCUT2D eigenvalue weighted by molar-refractivity contribution is -0.520. The molecule has 0 saturated heterocycles. The van der Waals surface area contributed by atoms with Gasteiger partial charge in [0.2, 0.25) is 10.0 Å². The molecule has 6 nitrogen and oxygen atoms in total. The number of nitro groups is 1. The summed E-state index contributed by atoms with van der Waals surface area (Å²) in [5.41, 5.74) is 1.15. The summed E-state index contributed by atoms with van der Waals surface area (Å²) >= 11 is 11.7. The maximum atomic E-state index is 12.5. The summed E-state index contributed by atoms with van der Waals surface area (Å²) in [6, 6.07) is 12.5.